The Kier molecular flexibility index (Phi) is 5.76. The number of aromatic carboxylic acids is 1. The maximum Gasteiger partial charge on any atom is 0.335 e. The van der Waals surface area contributed by atoms with Crippen molar-refractivity contribution in [3.05, 3.63) is 64.7 Å². The molecule has 3 rings (SSSR count). The largest absolute Gasteiger partial charge is 0.478 e. The number of piperidine rings is 1. The number of anilines is 1. The van der Waals surface area contributed by atoms with Gasteiger partial charge in [0.15, 0.2) is 0 Å². The fourth-order valence-corrected chi connectivity index (χ4v) is 3.40. The smallest absolute Gasteiger partial charge is 0.335 e. The first-order valence-corrected chi connectivity index (χ1v) is 9.01. The maximum absolute atomic E-state index is 12.8. The molecule has 2 amide bonds. The van der Waals surface area contributed by atoms with Crippen LogP contribution < -0.4 is 10.2 Å². The van der Waals surface area contributed by atoms with Crippen molar-refractivity contribution < 1.29 is 19.5 Å². The molecule has 1 aliphatic heterocycles. The molecular formula is C20H19ClN2O4. The van der Waals surface area contributed by atoms with Crippen LogP contribution in [0, 0.1) is 0 Å². The van der Waals surface area contributed by atoms with E-state index in [2.05, 4.69) is 5.32 Å². The van der Waals surface area contributed by atoms with Gasteiger partial charge in [-0.05, 0) is 42.7 Å². The lowest BCUT2D eigenvalue weighted by Gasteiger charge is -2.33. The number of carboxylic acids is 1. The van der Waals surface area contributed by atoms with Crippen LogP contribution in [0.4, 0.5) is 5.69 Å². The molecule has 1 saturated heterocycles. The predicted molar refractivity (Wildman–Crippen MR) is 102 cm³/mol. The number of para-hydroxylation sites is 1. The zero-order valence-electron chi connectivity index (χ0n) is 14.5. The number of halogens is 1. The SMILES string of the molecule is O=C(Cc1cccc(C(=O)O)c1)NC1CCCN(c2ccccc2Cl)C1=O. The van der Waals surface area contributed by atoms with E-state index in [0.29, 0.717) is 29.2 Å². The molecule has 1 unspecified atom stereocenters. The molecule has 0 bridgehead atoms. The minimum atomic E-state index is -1.05. The van der Waals surface area contributed by atoms with Crippen molar-refractivity contribution >= 4 is 35.1 Å². The highest BCUT2D eigenvalue weighted by Gasteiger charge is 2.31. The number of carboxylic acid groups (broad SMARTS) is 1. The van der Waals surface area contributed by atoms with Crippen LogP contribution in [0.3, 0.4) is 0 Å². The molecule has 0 radical (unpaired) electrons. The van der Waals surface area contributed by atoms with Crippen LogP contribution in [-0.4, -0.2) is 35.5 Å². The summed E-state index contributed by atoms with van der Waals surface area (Å²) in [6, 6.07) is 12.7. The Balaban J connectivity index is 1.67. The van der Waals surface area contributed by atoms with Gasteiger partial charge in [0.1, 0.15) is 6.04 Å². The summed E-state index contributed by atoms with van der Waals surface area (Å²) >= 11 is 6.19. The molecule has 2 N–H and O–H groups in total. The summed E-state index contributed by atoms with van der Waals surface area (Å²) in [7, 11) is 0. The molecule has 0 spiro atoms. The van der Waals surface area contributed by atoms with Crippen LogP contribution in [-0.2, 0) is 16.0 Å². The van der Waals surface area contributed by atoms with E-state index < -0.39 is 12.0 Å². The lowest BCUT2D eigenvalue weighted by atomic mass is 10.0. The maximum atomic E-state index is 12.8. The van der Waals surface area contributed by atoms with E-state index in [0.717, 1.165) is 6.42 Å². The molecule has 1 fully saturated rings. The van der Waals surface area contributed by atoms with Crippen LogP contribution in [0.25, 0.3) is 0 Å². The Morgan fingerprint density at radius 1 is 1.19 bits per heavy atom. The van der Waals surface area contributed by atoms with Crippen LogP contribution in [0.15, 0.2) is 48.5 Å². The van der Waals surface area contributed by atoms with Gasteiger partial charge in [-0.15, -0.1) is 0 Å². The van der Waals surface area contributed by atoms with Crippen molar-refractivity contribution in [3.63, 3.8) is 0 Å². The fraction of sp³-hybridized carbons (Fsp3) is 0.250. The van der Waals surface area contributed by atoms with E-state index in [-0.39, 0.29) is 23.8 Å². The van der Waals surface area contributed by atoms with E-state index in [9.17, 15) is 14.4 Å². The molecule has 1 heterocycles. The van der Waals surface area contributed by atoms with Gasteiger partial charge < -0.3 is 15.3 Å². The number of rotatable bonds is 5. The highest BCUT2D eigenvalue weighted by molar-refractivity contribution is 6.33. The van der Waals surface area contributed by atoms with Crippen molar-refractivity contribution in [3.8, 4) is 0 Å². The number of nitrogens with zero attached hydrogens (tertiary/aromatic N) is 1. The number of hydrogen-bond donors (Lipinski definition) is 2. The number of carbonyl (C=O) groups excluding carboxylic acids is 2. The van der Waals surface area contributed by atoms with Gasteiger partial charge in [-0.25, -0.2) is 4.79 Å². The zero-order valence-corrected chi connectivity index (χ0v) is 15.3. The van der Waals surface area contributed by atoms with Gasteiger partial charge in [-0.1, -0.05) is 35.9 Å². The van der Waals surface area contributed by atoms with Gasteiger partial charge in [-0.2, -0.15) is 0 Å². The molecular weight excluding hydrogens is 368 g/mol. The third kappa shape index (κ3) is 4.46. The van der Waals surface area contributed by atoms with Crippen LogP contribution in [0.2, 0.25) is 5.02 Å². The second kappa shape index (κ2) is 8.22. The molecule has 2 aromatic rings. The molecule has 6 nitrogen and oxygen atoms in total. The molecule has 1 aliphatic rings. The van der Waals surface area contributed by atoms with Crippen molar-refractivity contribution in [2.75, 3.05) is 11.4 Å². The molecule has 27 heavy (non-hydrogen) atoms. The first-order chi connectivity index (χ1) is 13.0. The highest BCUT2D eigenvalue weighted by atomic mass is 35.5. The standard InChI is InChI=1S/C20H19ClN2O4/c21-15-7-1-2-9-17(15)23-10-4-8-16(19(23)25)22-18(24)12-13-5-3-6-14(11-13)20(26)27/h1-3,5-7,9,11,16H,4,8,10,12H2,(H,22,24)(H,26,27). The Hall–Kier alpha value is -2.86. The molecule has 0 aliphatic carbocycles. The number of hydrogen-bond acceptors (Lipinski definition) is 3. The first kappa shape index (κ1) is 18.9. The number of carbonyl (C=O) groups is 3. The summed E-state index contributed by atoms with van der Waals surface area (Å²) in [5, 5.41) is 12.3. The van der Waals surface area contributed by atoms with E-state index in [1.807, 2.05) is 6.07 Å². The van der Waals surface area contributed by atoms with Gasteiger partial charge in [0.2, 0.25) is 11.8 Å². The van der Waals surface area contributed by atoms with Crippen molar-refractivity contribution in [2.24, 2.45) is 0 Å². The summed E-state index contributed by atoms with van der Waals surface area (Å²) in [4.78, 5) is 37.8. The van der Waals surface area contributed by atoms with E-state index in [4.69, 9.17) is 16.7 Å². The fourth-order valence-electron chi connectivity index (χ4n) is 3.16. The molecule has 2 aromatic carbocycles. The van der Waals surface area contributed by atoms with E-state index >= 15 is 0 Å². The summed E-state index contributed by atoms with van der Waals surface area (Å²) < 4.78 is 0. The van der Waals surface area contributed by atoms with Crippen LogP contribution >= 0.6 is 11.6 Å². The summed E-state index contributed by atoms with van der Waals surface area (Å²) in [5.41, 5.74) is 1.34. The first-order valence-electron chi connectivity index (χ1n) is 8.63. The number of amides is 2. The lowest BCUT2D eigenvalue weighted by molar-refractivity contribution is -0.128. The number of benzene rings is 2. The van der Waals surface area contributed by atoms with Crippen LogP contribution in [0.1, 0.15) is 28.8 Å². The number of nitrogens with one attached hydrogen (secondary N) is 1. The average Bonchev–Trinajstić information content (AvgIpc) is 2.64. The van der Waals surface area contributed by atoms with Gasteiger partial charge in [0.05, 0.1) is 22.7 Å². The molecule has 7 heteroatoms. The van der Waals surface area contributed by atoms with Crippen molar-refractivity contribution in [2.45, 2.75) is 25.3 Å². The predicted octanol–water partition coefficient (Wildman–Crippen LogP) is 2.89. The Morgan fingerprint density at radius 3 is 2.70 bits per heavy atom. The second-order valence-electron chi connectivity index (χ2n) is 6.39. The molecule has 1 atom stereocenters. The second-order valence-corrected chi connectivity index (χ2v) is 6.79. The summed E-state index contributed by atoms with van der Waals surface area (Å²) in [5.74, 6) is -1.56. The quantitative estimate of drug-likeness (QED) is 0.827. The van der Waals surface area contributed by atoms with Crippen molar-refractivity contribution in [1.82, 2.24) is 5.32 Å². The third-order valence-electron chi connectivity index (χ3n) is 4.46. The normalized spacial score (nSPS) is 16.9. The Labute approximate surface area is 161 Å². The van der Waals surface area contributed by atoms with Gasteiger partial charge in [0, 0.05) is 6.54 Å². The summed E-state index contributed by atoms with van der Waals surface area (Å²) in [6.07, 6.45) is 1.31. The van der Waals surface area contributed by atoms with Gasteiger partial charge >= 0.3 is 5.97 Å². The van der Waals surface area contributed by atoms with Crippen molar-refractivity contribution in [1.29, 1.82) is 0 Å². The highest BCUT2D eigenvalue weighted by Crippen LogP contribution is 2.28. The monoisotopic (exact) mass is 386 g/mol. The van der Waals surface area contributed by atoms with Gasteiger partial charge in [-0.3, -0.25) is 9.59 Å². The van der Waals surface area contributed by atoms with Gasteiger partial charge in [0.25, 0.3) is 0 Å². The van der Waals surface area contributed by atoms with E-state index in [1.54, 1.807) is 35.2 Å². The zero-order chi connectivity index (χ0) is 19.4. The molecule has 140 valence electrons. The topological polar surface area (TPSA) is 86.7 Å². The average molecular weight is 387 g/mol. The Morgan fingerprint density at radius 2 is 1.96 bits per heavy atom. The molecule has 0 saturated carbocycles. The third-order valence-corrected chi connectivity index (χ3v) is 4.78. The minimum Gasteiger partial charge on any atom is -0.478 e. The summed E-state index contributed by atoms with van der Waals surface area (Å²) in [6.45, 7) is 0.551. The minimum absolute atomic E-state index is 0.0109. The Bertz CT molecular complexity index is 884. The lowest BCUT2D eigenvalue weighted by Crippen LogP contribution is -2.52. The van der Waals surface area contributed by atoms with E-state index in [1.165, 1.54) is 12.1 Å². The molecule has 0 aromatic heterocycles. The van der Waals surface area contributed by atoms with Crippen LogP contribution in [0.5, 0.6) is 0 Å².